The SMILES string of the molecule is COCC1(C(=O)O)CCCN1C(=O)C1CCCN(C(=O)N2CCCC2)C1. The normalized spacial score (nSPS) is 29.3. The fourth-order valence-electron chi connectivity index (χ4n) is 4.55. The average molecular weight is 367 g/mol. The van der Waals surface area contributed by atoms with Crippen LogP contribution in [0.25, 0.3) is 0 Å². The first-order chi connectivity index (χ1) is 12.5. The quantitative estimate of drug-likeness (QED) is 0.801. The number of urea groups is 1. The van der Waals surface area contributed by atoms with E-state index in [9.17, 15) is 19.5 Å². The lowest BCUT2D eigenvalue weighted by Crippen LogP contribution is -2.59. The minimum absolute atomic E-state index is 0.00276. The summed E-state index contributed by atoms with van der Waals surface area (Å²) in [4.78, 5) is 42.8. The van der Waals surface area contributed by atoms with Crippen LogP contribution < -0.4 is 0 Å². The summed E-state index contributed by atoms with van der Waals surface area (Å²) < 4.78 is 5.14. The van der Waals surface area contributed by atoms with Crippen molar-refractivity contribution in [1.82, 2.24) is 14.7 Å². The molecule has 1 N–H and O–H groups in total. The Morgan fingerprint density at radius 1 is 1.04 bits per heavy atom. The lowest BCUT2D eigenvalue weighted by atomic mass is 9.92. The molecule has 0 spiro atoms. The van der Waals surface area contributed by atoms with Gasteiger partial charge in [-0.05, 0) is 38.5 Å². The fourth-order valence-corrected chi connectivity index (χ4v) is 4.55. The molecule has 0 radical (unpaired) electrons. The standard InChI is InChI=1S/C18H29N3O5/c1-26-13-18(16(23)24)7-5-11-21(18)15(22)14-6-4-10-20(12-14)17(25)19-8-2-3-9-19/h14H,2-13H2,1H3,(H,23,24). The Morgan fingerprint density at radius 3 is 2.38 bits per heavy atom. The summed E-state index contributed by atoms with van der Waals surface area (Å²) in [6.07, 6.45) is 4.60. The van der Waals surface area contributed by atoms with E-state index in [1.165, 1.54) is 12.0 Å². The Kier molecular flexibility index (Phi) is 5.70. The third kappa shape index (κ3) is 3.39. The number of nitrogens with zero attached hydrogens (tertiary/aromatic N) is 3. The number of methoxy groups -OCH3 is 1. The van der Waals surface area contributed by atoms with Gasteiger partial charge in [0.15, 0.2) is 5.54 Å². The highest BCUT2D eigenvalue weighted by Crippen LogP contribution is 2.33. The van der Waals surface area contributed by atoms with Gasteiger partial charge in [-0.3, -0.25) is 4.79 Å². The Balaban J connectivity index is 1.70. The summed E-state index contributed by atoms with van der Waals surface area (Å²) >= 11 is 0. The second-order valence-corrected chi connectivity index (χ2v) is 7.63. The van der Waals surface area contributed by atoms with E-state index in [-0.39, 0.29) is 24.5 Å². The van der Waals surface area contributed by atoms with Crippen LogP contribution in [-0.4, -0.2) is 89.7 Å². The predicted octanol–water partition coefficient (Wildman–Crippen LogP) is 1.01. The summed E-state index contributed by atoms with van der Waals surface area (Å²) in [6, 6.07) is 0.0165. The molecule has 0 bridgehead atoms. The van der Waals surface area contributed by atoms with Crippen molar-refractivity contribution in [1.29, 1.82) is 0 Å². The lowest BCUT2D eigenvalue weighted by molar-refractivity contribution is -0.162. The molecule has 3 amide bonds. The molecule has 3 heterocycles. The van der Waals surface area contributed by atoms with Gasteiger partial charge in [-0.1, -0.05) is 0 Å². The molecule has 3 aliphatic heterocycles. The number of ether oxygens (including phenoxy) is 1. The molecule has 0 aromatic rings. The van der Waals surface area contributed by atoms with Gasteiger partial charge in [-0.15, -0.1) is 0 Å². The van der Waals surface area contributed by atoms with Crippen molar-refractivity contribution in [3.05, 3.63) is 0 Å². The van der Waals surface area contributed by atoms with Crippen molar-refractivity contribution < 1.29 is 24.2 Å². The Labute approximate surface area is 154 Å². The maximum absolute atomic E-state index is 13.1. The van der Waals surface area contributed by atoms with Crippen molar-refractivity contribution in [2.45, 2.75) is 44.1 Å². The van der Waals surface area contributed by atoms with Gasteiger partial charge in [0.2, 0.25) is 5.91 Å². The molecule has 146 valence electrons. The summed E-state index contributed by atoms with van der Waals surface area (Å²) in [7, 11) is 1.46. The van der Waals surface area contributed by atoms with E-state index in [1.807, 2.05) is 4.90 Å². The van der Waals surface area contributed by atoms with E-state index < -0.39 is 11.5 Å². The number of rotatable bonds is 4. The highest BCUT2D eigenvalue weighted by atomic mass is 16.5. The maximum atomic E-state index is 13.1. The molecule has 3 aliphatic rings. The van der Waals surface area contributed by atoms with Gasteiger partial charge in [-0.25, -0.2) is 9.59 Å². The summed E-state index contributed by atoms with van der Waals surface area (Å²) in [5.74, 6) is -1.49. The molecule has 8 nitrogen and oxygen atoms in total. The number of hydrogen-bond acceptors (Lipinski definition) is 4. The van der Waals surface area contributed by atoms with E-state index >= 15 is 0 Å². The van der Waals surface area contributed by atoms with Crippen LogP contribution in [0, 0.1) is 5.92 Å². The molecular formula is C18H29N3O5. The largest absolute Gasteiger partial charge is 0.479 e. The second-order valence-electron chi connectivity index (χ2n) is 7.63. The van der Waals surface area contributed by atoms with Crippen molar-refractivity contribution in [2.24, 2.45) is 5.92 Å². The highest BCUT2D eigenvalue weighted by molar-refractivity contribution is 5.89. The zero-order valence-electron chi connectivity index (χ0n) is 15.5. The van der Waals surface area contributed by atoms with Gasteiger partial charge < -0.3 is 24.5 Å². The summed E-state index contributed by atoms with van der Waals surface area (Å²) in [5.41, 5.74) is -1.27. The van der Waals surface area contributed by atoms with Crippen LogP contribution in [0.4, 0.5) is 4.79 Å². The molecular weight excluding hydrogens is 338 g/mol. The molecule has 3 rings (SSSR count). The molecule has 8 heteroatoms. The number of carbonyl (C=O) groups is 3. The molecule has 3 saturated heterocycles. The Morgan fingerprint density at radius 2 is 1.73 bits per heavy atom. The Bertz CT molecular complexity index is 563. The molecule has 3 fully saturated rings. The number of piperidine rings is 1. The number of carboxylic acids is 1. The van der Waals surface area contributed by atoms with Gasteiger partial charge >= 0.3 is 12.0 Å². The molecule has 0 aromatic carbocycles. The molecule has 0 aliphatic carbocycles. The van der Waals surface area contributed by atoms with Gasteiger partial charge in [-0.2, -0.15) is 0 Å². The molecule has 2 atom stereocenters. The van der Waals surface area contributed by atoms with Crippen LogP contribution in [0.2, 0.25) is 0 Å². The van der Waals surface area contributed by atoms with E-state index in [0.29, 0.717) is 38.9 Å². The molecule has 2 unspecified atom stereocenters. The number of carboxylic acid groups (broad SMARTS) is 1. The van der Waals surface area contributed by atoms with E-state index in [1.54, 1.807) is 4.90 Å². The first kappa shape index (κ1) is 18.9. The van der Waals surface area contributed by atoms with Gasteiger partial charge in [0.25, 0.3) is 0 Å². The molecule has 26 heavy (non-hydrogen) atoms. The smallest absolute Gasteiger partial charge is 0.332 e. The van der Waals surface area contributed by atoms with Gasteiger partial charge in [0, 0.05) is 39.8 Å². The van der Waals surface area contributed by atoms with Crippen molar-refractivity contribution >= 4 is 17.9 Å². The van der Waals surface area contributed by atoms with Crippen LogP contribution in [-0.2, 0) is 14.3 Å². The van der Waals surface area contributed by atoms with E-state index in [2.05, 4.69) is 0 Å². The zero-order chi connectivity index (χ0) is 18.7. The number of carbonyl (C=O) groups excluding carboxylic acids is 2. The number of amides is 3. The lowest BCUT2D eigenvalue weighted by Gasteiger charge is -2.40. The number of aliphatic carboxylic acids is 1. The van der Waals surface area contributed by atoms with Crippen molar-refractivity contribution in [3.63, 3.8) is 0 Å². The third-order valence-electron chi connectivity index (χ3n) is 5.95. The van der Waals surface area contributed by atoms with Crippen LogP contribution in [0.5, 0.6) is 0 Å². The van der Waals surface area contributed by atoms with Crippen molar-refractivity contribution in [3.8, 4) is 0 Å². The minimum atomic E-state index is -1.27. The predicted molar refractivity (Wildman–Crippen MR) is 93.7 cm³/mol. The highest BCUT2D eigenvalue weighted by Gasteiger charge is 2.51. The first-order valence-electron chi connectivity index (χ1n) is 9.57. The fraction of sp³-hybridized carbons (Fsp3) is 0.833. The van der Waals surface area contributed by atoms with Crippen LogP contribution in [0.15, 0.2) is 0 Å². The first-order valence-corrected chi connectivity index (χ1v) is 9.57. The van der Waals surface area contributed by atoms with E-state index in [4.69, 9.17) is 4.74 Å². The number of hydrogen-bond donors (Lipinski definition) is 1. The summed E-state index contributed by atoms with van der Waals surface area (Å²) in [6.45, 7) is 3.06. The van der Waals surface area contributed by atoms with Crippen LogP contribution in [0.1, 0.15) is 38.5 Å². The van der Waals surface area contributed by atoms with Crippen molar-refractivity contribution in [2.75, 3.05) is 46.4 Å². The Hall–Kier alpha value is -1.83. The van der Waals surface area contributed by atoms with Crippen LogP contribution >= 0.6 is 0 Å². The monoisotopic (exact) mass is 367 g/mol. The van der Waals surface area contributed by atoms with Gasteiger partial charge in [0.1, 0.15) is 0 Å². The minimum Gasteiger partial charge on any atom is -0.479 e. The van der Waals surface area contributed by atoms with E-state index in [0.717, 1.165) is 32.4 Å². The summed E-state index contributed by atoms with van der Waals surface area (Å²) in [5, 5.41) is 9.75. The zero-order valence-corrected chi connectivity index (χ0v) is 15.5. The van der Waals surface area contributed by atoms with Gasteiger partial charge in [0.05, 0.1) is 12.5 Å². The maximum Gasteiger partial charge on any atom is 0.332 e. The molecule has 0 aromatic heterocycles. The molecule has 0 saturated carbocycles. The second kappa shape index (κ2) is 7.82. The average Bonchev–Trinajstić information content (AvgIpc) is 3.31. The topological polar surface area (TPSA) is 90.4 Å². The number of likely N-dealkylation sites (tertiary alicyclic amines) is 3. The van der Waals surface area contributed by atoms with Crippen LogP contribution in [0.3, 0.4) is 0 Å². The third-order valence-corrected chi connectivity index (χ3v) is 5.95.